The fourth-order valence-electron chi connectivity index (χ4n) is 2.19. The number of anilines is 1. The van der Waals surface area contributed by atoms with Crippen molar-refractivity contribution in [1.29, 1.82) is 0 Å². The zero-order valence-electron chi connectivity index (χ0n) is 11.3. The summed E-state index contributed by atoms with van der Waals surface area (Å²) in [5.74, 6) is 0.385. The first-order chi connectivity index (χ1) is 9.88. The highest BCUT2D eigenvalue weighted by Crippen LogP contribution is 2.28. The van der Waals surface area contributed by atoms with E-state index < -0.39 is 14.9 Å². The van der Waals surface area contributed by atoms with E-state index in [1.165, 1.54) is 12.1 Å². The van der Waals surface area contributed by atoms with Crippen LogP contribution in [0.15, 0.2) is 23.1 Å². The van der Waals surface area contributed by atoms with Crippen LogP contribution in [-0.4, -0.2) is 33.1 Å². The lowest BCUT2D eigenvalue weighted by atomic mass is 10.0. The predicted molar refractivity (Wildman–Crippen MR) is 76.5 cm³/mol. The van der Waals surface area contributed by atoms with E-state index in [-0.39, 0.29) is 10.6 Å². The number of hydrogen-bond acceptors (Lipinski definition) is 6. The van der Waals surface area contributed by atoms with Crippen molar-refractivity contribution in [2.45, 2.75) is 17.7 Å². The van der Waals surface area contributed by atoms with Crippen molar-refractivity contribution in [3.8, 4) is 0 Å². The number of nitro groups is 1. The third-order valence-electron chi connectivity index (χ3n) is 3.42. The van der Waals surface area contributed by atoms with Gasteiger partial charge < -0.3 is 10.1 Å². The maximum atomic E-state index is 11.2. The molecule has 0 aromatic heterocycles. The van der Waals surface area contributed by atoms with Gasteiger partial charge in [0.05, 0.1) is 9.82 Å². The fraction of sp³-hybridized carbons (Fsp3) is 0.500. The second kappa shape index (κ2) is 6.37. The number of nitrogens with zero attached hydrogens (tertiary/aromatic N) is 1. The van der Waals surface area contributed by atoms with E-state index in [1.807, 2.05) is 0 Å². The highest BCUT2D eigenvalue weighted by molar-refractivity contribution is 7.89. The van der Waals surface area contributed by atoms with Crippen LogP contribution in [0.25, 0.3) is 0 Å². The molecule has 0 unspecified atom stereocenters. The van der Waals surface area contributed by atoms with Crippen LogP contribution in [0.3, 0.4) is 0 Å². The van der Waals surface area contributed by atoms with E-state index in [4.69, 9.17) is 9.88 Å². The Morgan fingerprint density at radius 2 is 2.05 bits per heavy atom. The van der Waals surface area contributed by atoms with Gasteiger partial charge in [0.15, 0.2) is 0 Å². The van der Waals surface area contributed by atoms with Crippen LogP contribution in [0.4, 0.5) is 11.4 Å². The van der Waals surface area contributed by atoms with Gasteiger partial charge in [-0.2, -0.15) is 0 Å². The number of ether oxygens (including phenoxy) is 1. The molecule has 1 aliphatic heterocycles. The lowest BCUT2D eigenvalue weighted by Gasteiger charge is -2.22. The van der Waals surface area contributed by atoms with Gasteiger partial charge in [0, 0.05) is 25.8 Å². The minimum atomic E-state index is -3.96. The number of nitrogens with two attached hydrogens (primary N) is 1. The Labute approximate surface area is 122 Å². The van der Waals surface area contributed by atoms with E-state index in [0.29, 0.717) is 31.4 Å². The van der Waals surface area contributed by atoms with Crippen LogP contribution in [0.2, 0.25) is 0 Å². The van der Waals surface area contributed by atoms with E-state index in [9.17, 15) is 18.5 Å². The average molecular weight is 315 g/mol. The van der Waals surface area contributed by atoms with Crippen molar-refractivity contribution < 1.29 is 18.1 Å². The Morgan fingerprint density at radius 3 is 2.62 bits per heavy atom. The van der Waals surface area contributed by atoms with Crippen LogP contribution in [0.5, 0.6) is 0 Å². The molecule has 1 fully saturated rings. The molecule has 1 aliphatic rings. The molecule has 0 radical (unpaired) electrons. The van der Waals surface area contributed by atoms with Crippen LogP contribution >= 0.6 is 0 Å². The van der Waals surface area contributed by atoms with Gasteiger partial charge in [0.25, 0.3) is 5.69 Å². The predicted octanol–water partition coefficient (Wildman–Crippen LogP) is 1.08. The van der Waals surface area contributed by atoms with Gasteiger partial charge >= 0.3 is 0 Å². The maximum Gasteiger partial charge on any atom is 0.293 e. The largest absolute Gasteiger partial charge is 0.381 e. The van der Waals surface area contributed by atoms with Crippen LogP contribution in [0, 0.1) is 16.0 Å². The molecule has 0 atom stereocenters. The molecule has 8 nitrogen and oxygen atoms in total. The third kappa shape index (κ3) is 4.13. The second-order valence-electron chi connectivity index (χ2n) is 4.92. The Hall–Kier alpha value is -1.71. The van der Waals surface area contributed by atoms with Gasteiger partial charge in [-0.1, -0.05) is 0 Å². The first-order valence-corrected chi connectivity index (χ1v) is 8.05. The van der Waals surface area contributed by atoms with Gasteiger partial charge in [0.2, 0.25) is 10.0 Å². The number of hydrogen-bond donors (Lipinski definition) is 2. The van der Waals surface area contributed by atoms with E-state index in [1.54, 1.807) is 0 Å². The molecular formula is C12H17N3O5S. The van der Waals surface area contributed by atoms with Crippen molar-refractivity contribution in [2.75, 3.05) is 25.1 Å². The molecule has 21 heavy (non-hydrogen) atoms. The summed E-state index contributed by atoms with van der Waals surface area (Å²) in [5.41, 5.74) is -0.00697. The number of nitro benzene ring substituents is 1. The molecule has 0 bridgehead atoms. The third-order valence-corrected chi connectivity index (χ3v) is 4.33. The lowest BCUT2D eigenvalue weighted by molar-refractivity contribution is -0.384. The van der Waals surface area contributed by atoms with Crippen LogP contribution in [-0.2, 0) is 14.8 Å². The molecule has 1 aromatic carbocycles. The molecular weight excluding hydrogens is 298 g/mol. The van der Waals surface area contributed by atoms with Crippen LogP contribution < -0.4 is 10.5 Å². The quantitative estimate of drug-likeness (QED) is 0.619. The van der Waals surface area contributed by atoms with Crippen molar-refractivity contribution >= 4 is 21.4 Å². The molecule has 0 spiro atoms. The molecule has 2 rings (SSSR count). The summed E-state index contributed by atoms with van der Waals surface area (Å²) in [6, 6.07) is 3.60. The van der Waals surface area contributed by atoms with E-state index in [0.717, 1.165) is 18.9 Å². The Morgan fingerprint density at radius 1 is 1.38 bits per heavy atom. The van der Waals surface area contributed by atoms with Gasteiger partial charge in [-0.25, -0.2) is 13.6 Å². The van der Waals surface area contributed by atoms with Gasteiger partial charge in [-0.3, -0.25) is 10.1 Å². The Bertz CT molecular complexity index is 626. The molecule has 1 saturated heterocycles. The summed E-state index contributed by atoms with van der Waals surface area (Å²) in [5, 5.41) is 19.1. The molecule has 0 amide bonds. The topological polar surface area (TPSA) is 125 Å². The van der Waals surface area contributed by atoms with Gasteiger partial charge in [-0.15, -0.1) is 0 Å². The van der Waals surface area contributed by atoms with Crippen LogP contribution in [0.1, 0.15) is 12.8 Å². The van der Waals surface area contributed by atoms with Crippen molar-refractivity contribution in [3.05, 3.63) is 28.3 Å². The number of benzene rings is 1. The molecule has 116 valence electrons. The minimum absolute atomic E-state index is 0.272. The molecule has 0 saturated carbocycles. The van der Waals surface area contributed by atoms with Crippen molar-refractivity contribution in [2.24, 2.45) is 11.1 Å². The summed E-state index contributed by atoms with van der Waals surface area (Å²) in [7, 11) is -3.96. The first kappa shape index (κ1) is 15.7. The Kier molecular flexibility index (Phi) is 4.76. The molecule has 3 N–H and O–H groups in total. The monoisotopic (exact) mass is 315 g/mol. The molecule has 0 aliphatic carbocycles. The minimum Gasteiger partial charge on any atom is -0.381 e. The SMILES string of the molecule is NS(=O)(=O)c1ccc(NCC2CCOCC2)c([N+](=O)[O-])c1. The molecule has 1 aromatic rings. The standard InChI is InChI=1S/C12H17N3O5S/c13-21(18,19)10-1-2-11(12(7-10)15(16)17)14-8-9-3-5-20-6-4-9/h1-2,7,9,14H,3-6,8H2,(H2,13,18,19). The zero-order chi connectivity index (χ0) is 15.5. The number of nitrogens with one attached hydrogen (secondary N) is 1. The molecule has 9 heteroatoms. The molecule has 1 heterocycles. The second-order valence-corrected chi connectivity index (χ2v) is 6.48. The highest BCUT2D eigenvalue weighted by Gasteiger charge is 2.20. The summed E-state index contributed by atoms with van der Waals surface area (Å²) in [4.78, 5) is 10.2. The highest BCUT2D eigenvalue weighted by atomic mass is 32.2. The fourth-order valence-corrected chi connectivity index (χ4v) is 2.73. The van der Waals surface area contributed by atoms with Crippen molar-refractivity contribution in [1.82, 2.24) is 0 Å². The number of primary sulfonamides is 1. The summed E-state index contributed by atoms with van der Waals surface area (Å²) >= 11 is 0. The zero-order valence-corrected chi connectivity index (χ0v) is 12.1. The Balaban J connectivity index is 2.16. The first-order valence-electron chi connectivity index (χ1n) is 6.51. The van der Waals surface area contributed by atoms with Gasteiger partial charge in [0.1, 0.15) is 5.69 Å². The summed E-state index contributed by atoms with van der Waals surface area (Å²) in [6.45, 7) is 1.97. The smallest absolute Gasteiger partial charge is 0.293 e. The van der Waals surface area contributed by atoms with E-state index in [2.05, 4.69) is 5.32 Å². The summed E-state index contributed by atoms with van der Waals surface area (Å²) < 4.78 is 27.7. The summed E-state index contributed by atoms with van der Waals surface area (Å²) in [6.07, 6.45) is 1.80. The maximum absolute atomic E-state index is 11.2. The number of sulfonamides is 1. The average Bonchev–Trinajstić information content (AvgIpc) is 2.45. The van der Waals surface area contributed by atoms with E-state index >= 15 is 0 Å². The van der Waals surface area contributed by atoms with Gasteiger partial charge in [-0.05, 0) is 30.9 Å². The lowest BCUT2D eigenvalue weighted by Crippen LogP contribution is -2.23. The number of rotatable bonds is 5. The van der Waals surface area contributed by atoms with Crippen molar-refractivity contribution in [3.63, 3.8) is 0 Å². The normalized spacial score (nSPS) is 16.6.